The molecule has 2 N–H and O–H groups in total. The minimum absolute atomic E-state index is 0.110. The van der Waals surface area contributed by atoms with E-state index in [1.165, 1.54) is 11.1 Å². The van der Waals surface area contributed by atoms with Crippen molar-refractivity contribution in [3.8, 4) is 0 Å². The van der Waals surface area contributed by atoms with E-state index in [2.05, 4.69) is 25.8 Å². The van der Waals surface area contributed by atoms with Gasteiger partial charge in [-0.2, -0.15) is 0 Å². The summed E-state index contributed by atoms with van der Waals surface area (Å²) in [4.78, 5) is 4.21. The zero-order chi connectivity index (χ0) is 10.3. The largest absolute Gasteiger partial charge is 0.383 e. The Labute approximate surface area is 84.3 Å². The number of hydrogen-bond acceptors (Lipinski definition) is 3. The molecule has 0 atom stereocenters. The molecule has 1 aliphatic heterocycles. The van der Waals surface area contributed by atoms with Gasteiger partial charge < -0.3 is 10.5 Å². The number of fused-ring (bicyclic) bond motifs is 1. The summed E-state index contributed by atoms with van der Waals surface area (Å²) in [7, 11) is 0. The average molecular weight is 192 g/mol. The highest BCUT2D eigenvalue weighted by atomic mass is 16.5. The minimum Gasteiger partial charge on any atom is -0.383 e. The summed E-state index contributed by atoms with van der Waals surface area (Å²) >= 11 is 0. The van der Waals surface area contributed by atoms with Gasteiger partial charge in [-0.25, -0.2) is 4.98 Å². The van der Waals surface area contributed by atoms with Crippen LogP contribution >= 0.6 is 0 Å². The molecule has 0 spiro atoms. The first-order valence-electron chi connectivity index (χ1n) is 4.84. The van der Waals surface area contributed by atoms with Gasteiger partial charge in [0.25, 0.3) is 0 Å². The summed E-state index contributed by atoms with van der Waals surface area (Å²) in [6.45, 7) is 7.82. The Kier molecular flexibility index (Phi) is 2.00. The summed E-state index contributed by atoms with van der Waals surface area (Å²) in [6, 6.07) is 0. The number of nitrogens with two attached hydrogens (primary N) is 1. The predicted molar refractivity (Wildman–Crippen MR) is 55.8 cm³/mol. The van der Waals surface area contributed by atoms with E-state index in [9.17, 15) is 0 Å². The molecule has 0 radical (unpaired) electrons. The normalized spacial score (nSPS) is 15.6. The third-order valence-corrected chi connectivity index (χ3v) is 2.63. The lowest BCUT2D eigenvalue weighted by Gasteiger charge is -2.21. The lowest BCUT2D eigenvalue weighted by Crippen LogP contribution is -2.15. The van der Waals surface area contributed by atoms with E-state index in [1.807, 2.05) is 6.20 Å². The summed E-state index contributed by atoms with van der Waals surface area (Å²) in [5.41, 5.74) is 9.47. The molecule has 0 aromatic carbocycles. The van der Waals surface area contributed by atoms with Crippen LogP contribution in [0.1, 0.15) is 37.5 Å². The third-order valence-electron chi connectivity index (χ3n) is 2.63. The average Bonchev–Trinajstić information content (AvgIpc) is 2.50. The van der Waals surface area contributed by atoms with Crippen LogP contribution in [0.15, 0.2) is 6.20 Å². The molecule has 14 heavy (non-hydrogen) atoms. The van der Waals surface area contributed by atoms with Gasteiger partial charge in [-0.1, -0.05) is 20.8 Å². The lowest BCUT2D eigenvalue weighted by molar-refractivity contribution is 0.134. The molecule has 0 saturated heterocycles. The van der Waals surface area contributed by atoms with Gasteiger partial charge in [0, 0.05) is 11.8 Å². The first-order chi connectivity index (χ1) is 6.50. The topological polar surface area (TPSA) is 48.1 Å². The predicted octanol–water partition coefficient (Wildman–Crippen LogP) is 1.99. The fourth-order valence-corrected chi connectivity index (χ4v) is 1.83. The van der Waals surface area contributed by atoms with Crippen LogP contribution in [0.4, 0.5) is 5.82 Å². The van der Waals surface area contributed by atoms with Crippen LogP contribution in [0.2, 0.25) is 0 Å². The first kappa shape index (κ1) is 9.46. The highest BCUT2D eigenvalue weighted by Crippen LogP contribution is 2.33. The van der Waals surface area contributed by atoms with Crippen molar-refractivity contribution >= 4 is 5.82 Å². The maximum Gasteiger partial charge on any atom is 0.129 e. The zero-order valence-electron chi connectivity index (χ0n) is 8.92. The van der Waals surface area contributed by atoms with Crippen LogP contribution in [0.5, 0.6) is 0 Å². The molecule has 0 amide bonds. The Balaban J connectivity index is 2.60. The molecule has 1 aromatic rings. The molecule has 1 aliphatic rings. The molecule has 3 nitrogen and oxygen atoms in total. The molecule has 76 valence electrons. The van der Waals surface area contributed by atoms with Crippen molar-refractivity contribution in [1.29, 1.82) is 0 Å². The molecule has 3 heteroatoms. The van der Waals surface area contributed by atoms with Crippen LogP contribution in [0, 0.1) is 0 Å². The molecular weight excluding hydrogens is 176 g/mol. The number of ether oxygens (including phenoxy) is 1. The molecule has 0 aliphatic carbocycles. The van der Waals surface area contributed by atoms with Gasteiger partial charge in [0.05, 0.1) is 13.2 Å². The summed E-state index contributed by atoms with van der Waals surface area (Å²) in [5.74, 6) is 0.616. The van der Waals surface area contributed by atoms with E-state index in [0.29, 0.717) is 19.0 Å². The Morgan fingerprint density at radius 3 is 2.57 bits per heavy atom. The number of aromatic nitrogens is 1. The van der Waals surface area contributed by atoms with Crippen molar-refractivity contribution in [2.75, 3.05) is 5.73 Å². The van der Waals surface area contributed by atoms with E-state index in [0.717, 1.165) is 5.56 Å². The van der Waals surface area contributed by atoms with E-state index in [1.54, 1.807) is 0 Å². The number of nitrogen functional groups attached to an aromatic ring is 1. The van der Waals surface area contributed by atoms with Crippen molar-refractivity contribution in [2.45, 2.75) is 39.4 Å². The van der Waals surface area contributed by atoms with Crippen LogP contribution in [0.3, 0.4) is 0 Å². The molecule has 0 fully saturated rings. The van der Waals surface area contributed by atoms with Crippen molar-refractivity contribution in [3.63, 3.8) is 0 Å². The van der Waals surface area contributed by atoms with Crippen molar-refractivity contribution in [2.24, 2.45) is 0 Å². The molecule has 0 unspecified atom stereocenters. The van der Waals surface area contributed by atoms with Crippen LogP contribution in [0.25, 0.3) is 0 Å². The Morgan fingerprint density at radius 2 is 1.93 bits per heavy atom. The molecule has 2 rings (SSSR count). The monoisotopic (exact) mass is 192 g/mol. The highest BCUT2D eigenvalue weighted by Gasteiger charge is 2.25. The van der Waals surface area contributed by atoms with Gasteiger partial charge in [0.2, 0.25) is 0 Å². The van der Waals surface area contributed by atoms with E-state index in [-0.39, 0.29) is 5.41 Å². The van der Waals surface area contributed by atoms with Crippen molar-refractivity contribution in [3.05, 3.63) is 22.9 Å². The second-order valence-corrected chi connectivity index (χ2v) is 4.76. The maximum absolute atomic E-state index is 5.79. The van der Waals surface area contributed by atoms with Gasteiger partial charge in [-0.3, -0.25) is 0 Å². The standard InChI is InChI=1S/C11H16N2O/c1-11(2,3)9-4-13-10(12)8-6-14-5-7(8)9/h4H,5-6H2,1-3H3,(H2,12,13). The van der Waals surface area contributed by atoms with Crippen LogP contribution in [-0.2, 0) is 23.4 Å². The minimum atomic E-state index is 0.110. The van der Waals surface area contributed by atoms with E-state index >= 15 is 0 Å². The Morgan fingerprint density at radius 1 is 1.29 bits per heavy atom. The Bertz CT molecular complexity index is 366. The van der Waals surface area contributed by atoms with Gasteiger partial charge in [0.15, 0.2) is 0 Å². The summed E-state index contributed by atoms with van der Waals surface area (Å²) < 4.78 is 5.41. The quantitative estimate of drug-likeness (QED) is 0.683. The van der Waals surface area contributed by atoms with Gasteiger partial charge in [-0.15, -0.1) is 0 Å². The zero-order valence-corrected chi connectivity index (χ0v) is 8.92. The van der Waals surface area contributed by atoms with E-state index < -0.39 is 0 Å². The molecule has 2 heterocycles. The number of anilines is 1. The molecule has 1 aromatic heterocycles. The second kappa shape index (κ2) is 2.95. The summed E-state index contributed by atoms with van der Waals surface area (Å²) in [6.07, 6.45) is 1.88. The number of rotatable bonds is 0. The SMILES string of the molecule is CC(C)(C)c1cnc(N)c2c1COC2. The van der Waals surface area contributed by atoms with Gasteiger partial charge in [-0.05, 0) is 16.5 Å². The highest BCUT2D eigenvalue weighted by molar-refractivity contribution is 5.50. The van der Waals surface area contributed by atoms with Crippen LogP contribution in [-0.4, -0.2) is 4.98 Å². The third kappa shape index (κ3) is 1.38. The fourth-order valence-electron chi connectivity index (χ4n) is 1.83. The maximum atomic E-state index is 5.79. The smallest absolute Gasteiger partial charge is 0.129 e. The molecular formula is C11H16N2O. The second-order valence-electron chi connectivity index (χ2n) is 4.76. The Hall–Kier alpha value is -1.09. The molecule has 0 bridgehead atoms. The number of hydrogen-bond donors (Lipinski definition) is 1. The van der Waals surface area contributed by atoms with Crippen molar-refractivity contribution in [1.82, 2.24) is 4.98 Å². The van der Waals surface area contributed by atoms with Crippen LogP contribution < -0.4 is 5.73 Å². The molecule has 0 saturated carbocycles. The first-order valence-corrected chi connectivity index (χ1v) is 4.84. The lowest BCUT2D eigenvalue weighted by atomic mass is 9.84. The van der Waals surface area contributed by atoms with Gasteiger partial charge in [0.1, 0.15) is 5.82 Å². The van der Waals surface area contributed by atoms with Crippen molar-refractivity contribution < 1.29 is 4.74 Å². The van der Waals surface area contributed by atoms with Gasteiger partial charge >= 0.3 is 0 Å². The number of nitrogens with zero attached hydrogens (tertiary/aromatic N) is 1. The summed E-state index contributed by atoms with van der Waals surface area (Å²) in [5, 5.41) is 0. The van der Waals surface area contributed by atoms with E-state index in [4.69, 9.17) is 10.5 Å². The fraction of sp³-hybridized carbons (Fsp3) is 0.545. The number of pyridine rings is 1.